The molecule has 1 amide bonds. The highest BCUT2D eigenvalue weighted by Crippen LogP contribution is 2.58. The number of benzene rings is 1. The summed E-state index contributed by atoms with van der Waals surface area (Å²) >= 11 is 0. The van der Waals surface area contributed by atoms with Crippen molar-refractivity contribution in [3.8, 4) is 11.5 Å². The number of nitro benzene ring substituents is 1. The van der Waals surface area contributed by atoms with Gasteiger partial charge in [0.15, 0.2) is 11.5 Å². The Bertz CT molecular complexity index is 765. The Morgan fingerprint density at radius 3 is 2.70 bits per heavy atom. The third-order valence-electron chi connectivity index (χ3n) is 6.77. The zero-order valence-electron chi connectivity index (χ0n) is 15.8. The summed E-state index contributed by atoms with van der Waals surface area (Å²) in [6.07, 6.45) is 6.07. The number of nitro groups is 1. The molecule has 0 aromatic heterocycles. The SMILES string of the molecule is CCOc1cc([N+](=O)[O-])c(C(=O)N[C@@H]2C[C@H]3C[C@H]2[C@H]2CCC[C@@H]32)cc1OC. The summed E-state index contributed by atoms with van der Waals surface area (Å²) in [6.45, 7) is 2.14. The summed E-state index contributed by atoms with van der Waals surface area (Å²) in [5, 5.41) is 14.6. The molecule has 1 aromatic carbocycles. The van der Waals surface area contributed by atoms with Crippen molar-refractivity contribution < 1.29 is 19.2 Å². The molecule has 0 radical (unpaired) electrons. The van der Waals surface area contributed by atoms with Crippen LogP contribution < -0.4 is 14.8 Å². The summed E-state index contributed by atoms with van der Waals surface area (Å²) in [5.41, 5.74) is -0.218. The molecular weight excluding hydrogens is 348 g/mol. The van der Waals surface area contributed by atoms with Gasteiger partial charge >= 0.3 is 0 Å². The van der Waals surface area contributed by atoms with Gasteiger partial charge in [-0.25, -0.2) is 0 Å². The number of amides is 1. The van der Waals surface area contributed by atoms with Crippen molar-refractivity contribution >= 4 is 11.6 Å². The molecule has 0 unspecified atom stereocenters. The van der Waals surface area contributed by atoms with Crippen molar-refractivity contribution in [1.82, 2.24) is 5.32 Å². The Morgan fingerprint density at radius 2 is 2.00 bits per heavy atom. The minimum atomic E-state index is -0.537. The molecule has 0 aliphatic heterocycles. The topological polar surface area (TPSA) is 90.7 Å². The number of carbonyl (C=O) groups excluding carboxylic acids is 1. The fourth-order valence-electron chi connectivity index (χ4n) is 5.79. The summed E-state index contributed by atoms with van der Waals surface area (Å²) in [7, 11) is 1.46. The number of nitrogens with zero attached hydrogens (tertiary/aromatic N) is 1. The molecule has 27 heavy (non-hydrogen) atoms. The van der Waals surface area contributed by atoms with Gasteiger partial charge in [0.1, 0.15) is 5.56 Å². The number of hydrogen-bond donors (Lipinski definition) is 1. The second-order valence-electron chi connectivity index (χ2n) is 7.94. The Kier molecular flexibility index (Phi) is 4.70. The lowest BCUT2D eigenvalue weighted by atomic mass is 9.79. The van der Waals surface area contributed by atoms with Crippen LogP contribution in [0.1, 0.15) is 49.4 Å². The first kappa shape index (κ1) is 18.1. The molecule has 0 heterocycles. The standard InChI is InChI=1S/C20H26N2O5/c1-3-27-19-10-17(22(24)25)15(9-18(19)26-2)20(23)21-16-8-11-7-14(16)13-6-4-5-12(11)13/h9-14,16H,3-8H2,1-2H3,(H,21,23)/t11-,12+,13+,14+,16-/m1/s1. The van der Waals surface area contributed by atoms with E-state index in [-0.39, 0.29) is 23.0 Å². The maximum atomic E-state index is 12.9. The number of fused-ring (bicyclic) bond motifs is 5. The van der Waals surface area contributed by atoms with Crippen molar-refractivity contribution in [2.45, 2.75) is 45.1 Å². The van der Waals surface area contributed by atoms with Crippen LogP contribution in [0.15, 0.2) is 12.1 Å². The van der Waals surface area contributed by atoms with Crippen LogP contribution in [0.2, 0.25) is 0 Å². The minimum absolute atomic E-state index is 0.0334. The van der Waals surface area contributed by atoms with Gasteiger partial charge in [-0.1, -0.05) is 6.42 Å². The second-order valence-corrected chi connectivity index (χ2v) is 7.94. The van der Waals surface area contributed by atoms with Crippen LogP contribution in [-0.2, 0) is 0 Å². The smallest absolute Gasteiger partial charge is 0.286 e. The molecule has 3 aliphatic rings. The normalized spacial score (nSPS) is 30.8. The van der Waals surface area contributed by atoms with Gasteiger partial charge in [-0.2, -0.15) is 0 Å². The number of hydrogen-bond acceptors (Lipinski definition) is 5. The summed E-state index contributed by atoms with van der Waals surface area (Å²) in [4.78, 5) is 23.9. The highest BCUT2D eigenvalue weighted by molar-refractivity contribution is 5.99. The van der Waals surface area contributed by atoms with Gasteiger partial charge in [0, 0.05) is 12.1 Å². The Balaban J connectivity index is 1.57. The molecule has 3 aliphatic carbocycles. The predicted molar refractivity (Wildman–Crippen MR) is 99.1 cm³/mol. The van der Waals surface area contributed by atoms with E-state index < -0.39 is 10.8 Å². The van der Waals surface area contributed by atoms with E-state index in [0.29, 0.717) is 24.2 Å². The lowest BCUT2D eigenvalue weighted by Gasteiger charge is -2.32. The van der Waals surface area contributed by atoms with E-state index in [1.807, 2.05) is 0 Å². The van der Waals surface area contributed by atoms with Crippen molar-refractivity contribution in [3.05, 3.63) is 27.8 Å². The third kappa shape index (κ3) is 3.03. The molecule has 146 valence electrons. The fourth-order valence-corrected chi connectivity index (χ4v) is 5.79. The summed E-state index contributed by atoms with van der Waals surface area (Å²) in [6, 6.07) is 2.83. The van der Waals surface area contributed by atoms with E-state index >= 15 is 0 Å². The first-order chi connectivity index (χ1) is 13.0. The molecule has 1 N–H and O–H groups in total. The molecule has 3 saturated carbocycles. The van der Waals surface area contributed by atoms with Crippen LogP contribution in [0.3, 0.4) is 0 Å². The minimum Gasteiger partial charge on any atom is -0.493 e. The molecule has 7 heteroatoms. The van der Waals surface area contributed by atoms with E-state index in [1.165, 1.54) is 44.9 Å². The maximum Gasteiger partial charge on any atom is 0.286 e. The van der Waals surface area contributed by atoms with Gasteiger partial charge in [-0.15, -0.1) is 0 Å². The molecule has 2 bridgehead atoms. The number of methoxy groups -OCH3 is 1. The average molecular weight is 374 g/mol. The molecule has 3 fully saturated rings. The van der Waals surface area contributed by atoms with Crippen molar-refractivity contribution in [2.24, 2.45) is 23.7 Å². The van der Waals surface area contributed by atoms with Crippen LogP contribution in [0.5, 0.6) is 11.5 Å². The highest BCUT2D eigenvalue weighted by atomic mass is 16.6. The Morgan fingerprint density at radius 1 is 1.22 bits per heavy atom. The zero-order chi connectivity index (χ0) is 19.1. The average Bonchev–Trinajstić information content (AvgIpc) is 3.34. The Hall–Kier alpha value is -2.31. The molecule has 4 rings (SSSR count). The third-order valence-corrected chi connectivity index (χ3v) is 6.77. The first-order valence-electron chi connectivity index (χ1n) is 9.83. The van der Waals surface area contributed by atoms with Gasteiger partial charge in [-0.3, -0.25) is 14.9 Å². The molecule has 5 atom stereocenters. The van der Waals surface area contributed by atoms with E-state index in [2.05, 4.69) is 5.32 Å². The van der Waals surface area contributed by atoms with Crippen LogP contribution in [0, 0.1) is 33.8 Å². The van der Waals surface area contributed by atoms with Crippen molar-refractivity contribution in [2.75, 3.05) is 13.7 Å². The molecule has 1 aromatic rings. The maximum absolute atomic E-state index is 12.9. The summed E-state index contributed by atoms with van der Waals surface area (Å²) in [5.74, 6) is 3.00. The Labute approximate surface area is 158 Å². The monoisotopic (exact) mass is 374 g/mol. The number of ether oxygens (including phenoxy) is 2. The van der Waals surface area contributed by atoms with E-state index in [4.69, 9.17) is 9.47 Å². The van der Waals surface area contributed by atoms with Crippen molar-refractivity contribution in [3.63, 3.8) is 0 Å². The van der Waals surface area contributed by atoms with Crippen LogP contribution in [0.25, 0.3) is 0 Å². The lowest BCUT2D eigenvalue weighted by Crippen LogP contribution is -2.42. The van der Waals surface area contributed by atoms with E-state index in [9.17, 15) is 14.9 Å². The van der Waals surface area contributed by atoms with E-state index in [0.717, 1.165) is 18.3 Å². The van der Waals surface area contributed by atoms with Crippen LogP contribution in [0.4, 0.5) is 5.69 Å². The van der Waals surface area contributed by atoms with Gasteiger partial charge in [-0.05, 0) is 56.3 Å². The van der Waals surface area contributed by atoms with Gasteiger partial charge < -0.3 is 14.8 Å². The number of nitrogens with one attached hydrogen (secondary N) is 1. The van der Waals surface area contributed by atoms with E-state index in [1.54, 1.807) is 6.92 Å². The second kappa shape index (κ2) is 7.02. The highest BCUT2D eigenvalue weighted by Gasteiger charge is 2.54. The molecule has 7 nitrogen and oxygen atoms in total. The fraction of sp³-hybridized carbons (Fsp3) is 0.650. The zero-order valence-corrected chi connectivity index (χ0v) is 15.8. The van der Waals surface area contributed by atoms with Gasteiger partial charge in [0.2, 0.25) is 0 Å². The largest absolute Gasteiger partial charge is 0.493 e. The molecular formula is C20H26N2O5. The number of carbonyl (C=O) groups is 1. The number of rotatable bonds is 6. The molecule has 0 saturated heterocycles. The quantitative estimate of drug-likeness (QED) is 0.607. The van der Waals surface area contributed by atoms with Crippen LogP contribution >= 0.6 is 0 Å². The van der Waals surface area contributed by atoms with Crippen molar-refractivity contribution in [1.29, 1.82) is 0 Å². The van der Waals surface area contributed by atoms with Gasteiger partial charge in [0.25, 0.3) is 11.6 Å². The van der Waals surface area contributed by atoms with Gasteiger partial charge in [0.05, 0.1) is 24.7 Å². The lowest BCUT2D eigenvalue weighted by molar-refractivity contribution is -0.385. The molecule has 0 spiro atoms. The first-order valence-corrected chi connectivity index (χ1v) is 9.83. The van der Waals surface area contributed by atoms with Crippen LogP contribution in [-0.4, -0.2) is 30.6 Å². The predicted octanol–water partition coefficient (Wildman–Crippen LogP) is 3.56. The summed E-state index contributed by atoms with van der Waals surface area (Å²) < 4.78 is 10.7.